The maximum Gasteiger partial charge on any atom is 0.293 e. The molecule has 0 spiro atoms. The zero-order valence-electron chi connectivity index (χ0n) is 12.9. The fraction of sp³-hybridized carbons (Fsp3) is 0.222. The highest BCUT2D eigenvalue weighted by atomic mass is 32.1. The van der Waals surface area contributed by atoms with Gasteiger partial charge in [0.2, 0.25) is 0 Å². The van der Waals surface area contributed by atoms with Crippen LogP contribution in [0.5, 0.6) is 0 Å². The topological polar surface area (TPSA) is 0 Å². The van der Waals surface area contributed by atoms with E-state index in [4.69, 9.17) is 0 Å². The lowest BCUT2D eigenvalue weighted by Gasteiger charge is -2.20. The SMILES string of the molecule is C/C=C/C(F)(F)c1c2ccsc2c(C(F)(F)/C=C/C)c2ccsc12. The van der Waals surface area contributed by atoms with Crippen LogP contribution >= 0.6 is 22.7 Å². The molecule has 2 heterocycles. The Hall–Kier alpha value is -1.66. The summed E-state index contributed by atoms with van der Waals surface area (Å²) in [5, 5.41) is 3.55. The fourth-order valence-electron chi connectivity index (χ4n) is 2.89. The monoisotopic (exact) mass is 370 g/mol. The van der Waals surface area contributed by atoms with Gasteiger partial charge in [-0.05, 0) is 48.9 Å². The van der Waals surface area contributed by atoms with Crippen LogP contribution < -0.4 is 0 Å². The van der Waals surface area contributed by atoms with Crippen molar-refractivity contribution < 1.29 is 17.6 Å². The van der Waals surface area contributed by atoms with Crippen molar-refractivity contribution >= 4 is 42.8 Å². The van der Waals surface area contributed by atoms with Crippen LogP contribution in [-0.2, 0) is 11.8 Å². The van der Waals surface area contributed by atoms with Gasteiger partial charge in [0.05, 0.1) is 11.1 Å². The number of hydrogen-bond donors (Lipinski definition) is 0. The minimum atomic E-state index is -3.22. The summed E-state index contributed by atoms with van der Waals surface area (Å²) in [6.07, 6.45) is 4.17. The minimum absolute atomic E-state index is 0.192. The summed E-state index contributed by atoms with van der Waals surface area (Å²) in [5.41, 5.74) is -0.385. The normalized spacial score (nSPS) is 13.9. The molecule has 0 aliphatic rings. The average molecular weight is 370 g/mol. The number of allylic oxidation sites excluding steroid dienone is 4. The van der Waals surface area contributed by atoms with Gasteiger partial charge in [0.15, 0.2) is 0 Å². The van der Waals surface area contributed by atoms with E-state index in [9.17, 15) is 17.6 Å². The largest absolute Gasteiger partial charge is 0.293 e. The molecule has 0 saturated heterocycles. The Morgan fingerprint density at radius 1 is 0.750 bits per heavy atom. The van der Waals surface area contributed by atoms with E-state index in [2.05, 4.69) is 0 Å². The van der Waals surface area contributed by atoms with E-state index in [1.165, 1.54) is 38.1 Å². The molecule has 6 heteroatoms. The van der Waals surface area contributed by atoms with Gasteiger partial charge in [-0.3, -0.25) is 0 Å². The van der Waals surface area contributed by atoms with Crippen molar-refractivity contribution in [2.75, 3.05) is 0 Å². The van der Waals surface area contributed by atoms with Crippen LogP contribution in [0, 0.1) is 0 Å². The van der Waals surface area contributed by atoms with Crippen LogP contribution in [-0.4, -0.2) is 0 Å². The lowest BCUT2D eigenvalue weighted by Crippen LogP contribution is -2.14. The van der Waals surface area contributed by atoms with Crippen molar-refractivity contribution in [1.82, 2.24) is 0 Å². The Bertz CT molecular complexity index is 820. The summed E-state index contributed by atoms with van der Waals surface area (Å²) in [6, 6.07) is 3.00. The molecule has 0 atom stereocenters. The second-order valence-corrected chi connectivity index (χ2v) is 7.15. The van der Waals surface area contributed by atoms with E-state index in [0.717, 1.165) is 34.8 Å². The van der Waals surface area contributed by atoms with Crippen LogP contribution in [0.25, 0.3) is 20.2 Å². The maximum atomic E-state index is 14.7. The molecule has 126 valence electrons. The smallest absolute Gasteiger partial charge is 0.196 e. The fourth-order valence-corrected chi connectivity index (χ4v) is 4.89. The highest BCUT2D eigenvalue weighted by molar-refractivity contribution is 7.19. The molecular formula is C18H14F4S2. The summed E-state index contributed by atoms with van der Waals surface area (Å²) in [7, 11) is 0. The Morgan fingerprint density at radius 2 is 1.12 bits per heavy atom. The predicted octanol–water partition coefficient (Wildman–Crippen LogP) is 7.45. The molecule has 0 nitrogen and oxygen atoms in total. The molecule has 0 bridgehead atoms. The molecule has 1 aromatic carbocycles. The van der Waals surface area contributed by atoms with Crippen molar-refractivity contribution in [2.45, 2.75) is 25.7 Å². The van der Waals surface area contributed by atoms with Gasteiger partial charge in [-0.25, -0.2) is 0 Å². The molecule has 0 fully saturated rings. The number of thiophene rings is 2. The van der Waals surface area contributed by atoms with E-state index >= 15 is 0 Å². The van der Waals surface area contributed by atoms with Crippen LogP contribution in [0.1, 0.15) is 25.0 Å². The molecule has 24 heavy (non-hydrogen) atoms. The number of fused-ring (bicyclic) bond motifs is 2. The summed E-state index contributed by atoms with van der Waals surface area (Å²) in [4.78, 5) is 0. The van der Waals surface area contributed by atoms with Crippen molar-refractivity contribution in [1.29, 1.82) is 0 Å². The first-order valence-electron chi connectivity index (χ1n) is 7.28. The lowest BCUT2D eigenvalue weighted by atomic mass is 9.94. The Kier molecular flexibility index (Phi) is 4.30. The molecule has 0 saturated carbocycles. The van der Waals surface area contributed by atoms with Gasteiger partial charge in [0.25, 0.3) is 11.8 Å². The second-order valence-electron chi connectivity index (χ2n) is 5.32. The number of halogens is 4. The van der Waals surface area contributed by atoms with Crippen molar-refractivity contribution in [2.24, 2.45) is 0 Å². The lowest BCUT2D eigenvalue weighted by molar-refractivity contribution is 0.0526. The quantitative estimate of drug-likeness (QED) is 0.330. The van der Waals surface area contributed by atoms with Gasteiger partial charge < -0.3 is 0 Å². The third-order valence-electron chi connectivity index (χ3n) is 3.74. The average Bonchev–Trinajstić information content (AvgIpc) is 3.11. The highest BCUT2D eigenvalue weighted by Gasteiger charge is 2.39. The van der Waals surface area contributed by atoms with E-state index in [1.54, 1.807) is 10.8 Å². The van der Waals surface area contributed by atoms with Crippen LogP contribution in [0.3, 0.4) is 0 Å². The van der Waals surface area contributed by atoms with Crippen molar-refractivity contribution in [3.63, 3.8) is 0 Å². The third-order valence-corrected chi connectivity index (χ3v) is 5.61. The van der Waals surface area contributed by atoms with Crippen LogP contribution in [0.4, 0.5) is 17.6 Å². The van der Waals surface area contributed by atoms with Crippen molar-refractivity contribution in [3.8, 4) is 0 Å². The number of rotatable bonds is 4. The van der Waals surface area contributed by atoms with E-state index < -0.39 is 11.8 Å². The molecule has 0 aliphatic heterocycles. The predicted molar refractivity (Wildman–Crippen MR) is 94.6 cm³/mol. The number of benzene rings is 1. The van der Waals surface area contributed by atoms with E-state index in [-0.39, 0.29) is 31.3 Å². The van der Waals surface area contributed by atoms with Gasteiger partial charge in [0, 0.05) is 20.2 Å². The summed E-state index contributed by atoms with van der Waals surface area (Å²) >= 11 is 2.13. The molecule has 3 rings (SSSR count). The Labute approximate surface area is 144 Å². The first kappa shape index (κ1) is 17.2. The Balaban J connectivity index is 2.51. The van der Waals surface area contributed by atoms with Crippen LogP contribution in [0.15, 0.2) is 47.2 Å². The van der Waals surface area contributed by atoms with Gasteiger partial charge >= 0.3 is 0 Å². The molecule has 0 N–H and O–H groups in total. The zero-order chi connectivity index (χ0) is 17.5. The molecule has 0 unspecified atom stereocenters. The molecule has 2 aromatic heterocycles. The summed E-state index contributed by atoms with van der Waals surface area (Å²) in [6.45, 7) is 3.03. The summed E-state index contributed by atoms with van der Waals surface area (Å²) < 4.78 is 59.1. The number of alkyl halides is 4. The van der Waals surface area contributed by atoms with E-state index in [1.807, 2.05) is 0 Å². The molecule has 0 aliphatic carbocycles. The maximum absolute atomic E-state index is 14.7. The van der Waals surface area contributed by atoms with Crippen molar-refractivity contribution in [3.05, 3.63) is 58.3 Å². The summed E-state index contributed by atoms with van der Waals surface area (Å²) in [5.74, 6) is -6.43. The molecule has 3 aromatic rings. The molecule has 0 radical (unpaired) electrons. The van der Waals surface area contributed by atoms with Gasteiger partial charge in [0.1, 0.15) is 0 Å². The van der Waals surface area contributed by atoms with Gasteiger partial charge in [-0.2, -0.15) is 17.6 Å². The molecule has 0 amide bonds. The standard InChI is InChI=1S/C18H14F4S2/c1-3-7-17(19,20)13-11-5-9-24-16(11)14(18(21,22)8-4-2)12-6-10-23-15(12)13/h3-10H,1-2H3/b7-3+,8-4+. The second kappa shape index (κ2) is 6.01. The van der Waals surface area contributed by atoms with Gasteiger partial charge in [-0.15, -0.1) is 22.7 Å². The Morgan fingerprint density at radius 3 is 1.46 bits per heavy atom. The van der Waals surface area contributed by atoms with E-state index in [0.29, 0.717) is 0 Å². The first-order valence-corrected chi connectivity index (χ1v) is 9.04. The number of hydrogen-bond acceptors (Lipinski definition) is 2. The minimum Gasteiger partial charge on any atom is -0.196 e. The van der Waals surface area contributed by atoms with Gasteiger partial charge in [-0.1, -0.05) is 12.2 Å². The van der Waals surface area contributed by atoms with Crippen LogP contribution in [0.2, 0.25) is 0 Å². The third kappa shape index (κ3) is 2.58. The zero-order valence-corrected chi connectivity index (χ0v) is 14.6. The highest BCUT2D eigenvalue weighted by Crippen LogP contribution is 2.49. The molecular weight excluding hydrogens is 356 g/mol. The first-order chi connectivity index (χ1) is 11.3.